The molecule has 0 aliphatic heterocycles. The summed E-state index contributed by atoms with van der Waals surface area (Å²) in [6.07, 6.45) is 0.484. The number of thioether (sulfide) groups is 1. The van der Waals surface area contributed by atoms with Crippen molar-refractivity contribution in [2.45, 2.75) is 30.5 Å². The lowest BCUT2D eigenvalue weighted by Gasteiger charge is -2.10. The van der Waals surface area contributed by atoms with Crippen molar-refractivity contribution in [3.63, 3.8) is 0 Å². The van der Waals surface area contributed by atoms with Crippen LogP contribution in [0.15, 0.2) is 29.4 Å². The monoisotopic (exact) mass is 340 g/mol. The van der Waals surface area contributed by atoms with Crippen molar-refractivity contribution in [2.75, 3.05) is 12.9 Å². The number of nitrogens with zero attached hydrogens (tertiary/aromatic N) is 3. The SMILES string of the molecule is COc1ccc(-n2c(CN)nnc2SCC[C@H]2CC2(F)F)cc1. The van der Waals surface area contributed by atoms with Crippen molar-refractivity contribution in [3.8, 4) is 11.4 Å². The Morgan fingerprint density at radius 1 is 1.35 bits per heavy atom. The van der Waals surface area contributed by atoms with Crippen LogP contribution in [-0.4, -0.2) is 33.5 Å². The average Bonchev–Trinajstić information content (AvgIpc) is 2.97. The maximum atomic E-state index is 12.9. The first-order valence-electron chi connectivity index (χ1n) is 7.34. The van der Waals surface area contributed by atoms with Gasteiger partial charge in [-0.05, 0) is 30.7 Å². The molecule has 0 unspecified atom stereocenters. The van der Waals surface area contributed by atoms with Gasteiger partial charge in [0.25, 0.3) is 5.92 Å². The van der Waals surface area contributed by atoms with E-state index in [0.717, 1.165) is 11.4 Å². The normalized spacial score (nSPS) is 18.9. The van der Waals surface area contributed by atoms with Crippen LogP contribution in [0, 0.1) is 5.92 Å². The molecule has 1 aliphatic carbocycles. The minimum Gasteiger partial charge on any atom is -0.497 e. The van der Waals surface area contributed by atoms with Gasteiger partial charge in [0, 0.05) is 23.8 Å². The Kier molecular flexibility index (Phi) is 4.54. The molecule has 23 heavy (non-hydrogen) atoms. The molecule has 5 nitrogen and oxygen atoms in total. The number of rotatable bonds is 7. The highest BCUT2D eigenvalue weighted by Crippen LogP contribution is 2.51. The lowest BCUT2D eigenvalue weighted by molar-refractivity contribution is 0.0983. The maximum absolute atomic E-state index is 12.9. The molecule has 0 amide bonds. The number of halogens is 2. The van der Waals surface area contributed by atoms with Crippen molar-refractivity contribution in [3.05, 3.63) is 30.1 Å². The van der Waals surface area contributed by atoms with Crippen LogP contribution in [0.3, 0.4) is 0 Å². The molecule has 1 aromatic carbocycles. The number of hydrogen-bond donors (Lipinski definition) is 1. The fourth-order valence-corrected chi connectivity index (χ4v) is 3.42. The summed E-state index contributed by atoms with van der Waals surface area (Å²) in [7, 11) is 1.61. The number of hydrogen-bond acceptors (Lipinski definition) is 5. The van der Waals surface area contributed by atoms with E-state index in [4.69, 9.17) is 10.5 Å². The molecule has 2 aromatic rings. The van der Waals surface area contributed by atoms with Crippen molar-refractivity contribution in [2.24, 2.45) is 11.7 Å². The van der Waals surface area contributed by atoms with Crippen LogP contribution in [-0.2, 0) is 6.54 Å². The highest BCUT2D eigenvalue weighted by atomic mass is 32.2. The molecule has 0 spiro atoms. The van der Waals surface area contributed by atoms with Gasteiger partial charge in [0.15, 0.2) is 11.0 Å². The zero-order valence-electron chi connectivity index (χ0n) is 12.7. The third-order valence-electron chi connectivity index (χ3n) is 3.87. The molecule has 0 bridgehead atoms. The third kappa shape index (κ3) is 3.48. The number of methoxy groups -OCH3 is 1. The van der Waals surface area contributed by atoms with E-state index in [1.165, 1.54) is 11.8 Å². The van der Waals surface area contributed by atoms with E-state index in [0.29, 0.717) is 23.2 Å². The summed E-state index contributed by atoms with van der Waals surface area (Å²) in [6, 6.07) is 7.46. The van der Waals surface area contributed by atoms with E-state index < -0.39 is 11.8 Å². The smallest absolute Gasteiger partial charge is 0.251 e. The lowest BCUT2D eigenvalue weighted by Crippen LogP contribution is -2.08. The topological polar surface area (TPSA) is 66.0 Å². The molecule has 0 radical (unpaired) electrons. The Bertz CT molecular complexity index is 675. The zero-order chi connectivity index (χ0) is 16.4. The van der Waals surface area contributed by atoms with Gasteiger partial charge in [-0.25, -0.2) is 8.78 Å². The Morgan fingerprint density at radius 3 is 2.61 bits per heavy atom. The summed E-state index contributed by atoms with van der Waals surface area (Å²) < 4.78 is 32.9. The minimum absolute atomic E-state index is 0.00673. The van der Waals surface area contributed by atoms with Crippen LogP contribution in [0.25, 0.3) is 5.69 Å². The molecule has 1 atom stereocenters. The fourth-order valence-electron chi connectivity index (χ4n) is 2.39. The molecular formula is C15H18F2N4OS. The molecule has 1 aromatic heterocycles. The van der Waals surface area contributed by atoms with Crippen molar-refractivity contribution in [1.29, 1.82) is 0 Å². The highest BCUT2D eigenvalue weighted by molar-refractivity contribution is 7.99. The van der Waals surface area contributed by atoms with E-state index in [1.54, 1.807) is 7.11 Å². The first-order chi connectivity index (χ1) is 11.0. The Hall–Kier alpha value is -1.67. The van der Waals surface area contributed by atoms with E-state index in [-0.39, 0.29) is 13.0 Å². The minimum atomic E-state index is -2.47. The van der Waals surface area contributed by atoms with Crippen LogP contribution < -0.4 is 10.5 Å². The summed E-state index contributed by atoms with van der Waals surface area (Å²) in [4.78, 5) is 0. The molecular weight excluding hydrogens is 322 g/mol. The number of aromatic nitrogens is 3. The van der Waals surface area contributed by atoms with E-state index >= 15 is 0 Å². The van der Waals surface area contributed by atoms with Crippen LogP contribution >= 0.6 is 11.8 Å². The zero-order valence-corrected chi connectivity index (χ0v) is 13.5. The number of ether oxygens (including phenoxy) is 1. The molecule has 124 valence electrons. The van der Waals surface area contributed by atoms with Crippen LogP contribution in [0.4, 0.5) is 8.78 Å². The third-order valence-corrected chi connectivity index (χ3v) is 4.83. The summed E-state index contributed by atoms with van der Waals surface area (Å²) in [6.45, 7) is 0.250. The standard InChI is InChI=1S/C15H18F2N4OS/c1-22-12-4-2-11(3-5-12)21-13(9-18)19-20-14(21)23-7-6-10-8-15(10,16)17/h2-5,10H,6-9,18H2,1H3/t10-/m0/s1. The predicted octanol–water partition coefficient (Wildman–Crippen LogP) is 2.87. The van der Waals surface area contributed by atoms with Crippen molar-refractivity contribution >= 4 is 11.8 Å². The van der Waals surface area contributed by atoms with Gasteiger partial charge >= 0.3 is 0 Å². The molecule has 1 aliphatic rings. The maximum Gasteiger partial charge on any atom is 0.251 e. The van der Waals surface area contributed by atoms with Gasteiger partial charge in [-0.3, -0.25) is 4.57 Å². The second-order valence-corrected chi connectivity index (χ2v) is 6.50. The fraction of sp³-hybridized carbons (Fsp3) is 0.467. The molecule has 3 rings (SSSR count). The summed E-state index contributed by atoms with van der Waals surface area (Å²) >= 11 is 1.43. The van der Waals surface area contributed by atoms with Crippen LogP contribution in [0.1, 0.15) is 18.7 Å². The molecule has 1 saturated carbocycles. The largest absolute Gasteiger partial charge is 0.497 e. The van der Waals surface area contributed by atoms with Gasteiger partial charge in [0.1, 0.15) is 5.75 Å². The highest BCUT2D eigenvalue weighted by Gasteiger charge is 2.55. The second-order valence-electron chi connectivity index (χ2n) is 5.44. The molecule has 8 heteroatoms. The van der Waals surface area contributed by atoms with Gasteiger partial charge in [-0.15, -0.1) is 10.2 Å². The van der Waals surface area contributed by atoms with Gasteiger partial charge < -0.3 is 10.5 Å². The lowest BCUT2D eigenvalue weighted by atomic mass is 10.3. The van der Waals surface area contributed by atoms with Gasteiger partial charge in [0.05, 0.1) is 13.7 Å². The Labute approximate surface area is 137 Å². The summed E-state index contributed by atoms with van der Waals surface area (Å²) in [5, 5.41) is 8.89. The van der Waals surface area contributed by atoms with E-state index in [2.05, 4.69) is 10.2 Å². The van der Waals surface area contributed by atoms with Crippen LogP contribution in [0.2, 0.25) is 0 Å². The predicted molar refractivity (Wildman–Crippen MR) is 84.2 cm³/mol. The first kappa shape index (κ1) is 16.2. The summed E-state index contributed by atoms with van der Waals surface area (Å²) in [5.74, 6) is -0.983. The quantitative estimate of drug-likeness (QED) is 0.785. The Morgan fingerprint density at radius 2 is 2.04 bits per heavy atom. The van der Waals surface area contributed by atoms with Crippen LogP contribution in [0.5, 0.6) is 5.75 Å². The molecule has 0 saturated heterocycles. The van der Waals surface area contributed by atoms with Gasteiger partial charge in [-0.2, -0.15) is 0 Å². The number of nitrogens with two attached hydrogens (primary N) is 1. The average molecular weight is 340 g/mol. The van der Waals surface area contributed by atoms with Crippen molar-refractivity contribution in [1.82, 2.24) is 14.8 Å². The van der Waals surface area contributed by atoms with Crippen molar-refractivity contribution < 1.29 is 13.5 Å². The summed E-state index contributed by atoms with van der Waals surface area (Å²) in [5.41, 5.74) is 6.59. The number of alkyl halides is 2. The van der Waals surface area contributed by atoms with Gasteiger partial charge in [-0.1, -0.05) is 11.8 Å². The van der Waals surface area contributed by atoms with Gasteiger partial charge in [0.2, 0.25) is 0 Å². The first-order valence-corrected chi connectivity index (χ1v) is 8.33. The molecule has 1 heterocycles. The molecule has 2 N–H and O–H groups in total. The van der Waals surface area contributed by atoms with E-state index in [1.807, 2.05) is 28.8 Å². The second kappa shape index (κ2) is 6.45. The number of benzene rings is 1. The molecule has 1 fully saturated rings. The van der Waals surface area contributed by atoms with E-state index in [9.17, 15) is 8.78 Å². The Balaban J connectivity index is 1.74.